The molecule has 20 heavy (non-hydrogen) atoms. The molecule has 1 aromatic rings. The van der Waals surface area contributed by atoms with Crippen molar-refractivity contribution in [2.45, 2.75) is 39.2 Å². The van der Waals surface area contributed by atoms with Gasteiger partial charge < -0.3 is 15.2 Å². The van der Waals surface area contributed by atoms with Crippen LogP contribution in [0.4, 0.5) is 18.9 Å². The normalized spacial score (nSPS) is 13.6. The van der Waals surface area contributed by atoms with E-state index < -0.39 is 17.8 Å². The zero-order valence-electron chi connectivity index (χ0n) is 11.8. The Bertz CT molecular complexity index is 433. The van der Waals surface area contributed by atoms with Gasteiger partial charge in [-0.1, -0.05) is 6.07 Å². The first-order valence-electron chi connectivity index (χ1n) is 6.41. The summed E-state index contributed by atoms with van der Waals surface area (Å²) in [5.74, 6) is 0. The fourth-order valence-corrected chi connectivity index (χ4v) is 1.58. The maximum Gasteiger partial charge on any atom is 0.416 e. The van der Waals surface area contributed by atoms with Crippen LogP contribution < -0.4 is 5.32 Å². The van der Waals surface area contributed by atoms with Crippen LogP contribution in [0.15, 0.2) is 18.2 Å². The third-order valence-electron chi connectivity index (χ3n) is 2.71. The molecule has 0 fully saturated rings. The molecule has 1 unspecified atom stereocenters. The van der Waals surface area contributed by atoms with E-state index in [1.54, 1.807) is 6.92 Å². The summed E-state index contributed by atoms with van der Waals surface area (Å²) < 4.78 is 43.1. The number of aryl methyl sites for hydroxylation is 1. The molecule has 0 heterocycles. The van der Waals surface area contributed by atoms with Crippen LogP contribution in [0.1, 0.15) is 25.0 Å². The zero-order valence-corrected chi connectivity index (χ0v) is 11.8. The Morgan fingerprint density at radius 1 is 1.30 bits per heavy atom. The van der Waals surface area contributed by atoms with Gasteiger partial charge in [0, 0.05) is 12.2 Å². The largest absolute Gasteiger partial charge is 0.416 e. The summed E-state index contributed by atoms with van der Waals surface area (Å²) in [4.78, 5) is 0. The molecule has 0 amide bonds. The molecule has 0 aliphatic rings. The molecule has 0 aliphatic heterocycles. The number of anilines is 1. The summed E-state index contributed by atoms with van der Waals surface area (Å²) >= 11 is 0. The van der Waals surface area contributed by atoms with Gasteiger partial charge in [0.15, 0.2) is 0 Å². The predicted molar refractivity (Wildman–Crippen MR) is 71.8 cm³/mol. The van der Waals surface area contributed by atoms with Crippen LogP contribution in [0.3, 0.4) is 0 Å². The standard InChI is InChI=1S/C14H20F3NO2/c1-9(2)20-8-12(19)7-18-13-6-11(14(15,16)17)5-4-10(13)3/h4-6,9,12,18-19H,7-8H2,1-3H3. The van der Waals surface area contributed by atoms with Gasteiger partial charge in [0.2, 0.25) is 0 Å². The fraction of sp³-hybridized carbons (Fsp3) is 0.571. The summed E-state index contributed by atoms with van der Waals surface area (Å²) in [6, 6.07) is 3.49. The average molecular weight is 291 g/mol. The molecule has 1 aromatic carbocycles. The minimum Gasteiger partial charge on any atom is -0.389 e. The Morgan fingerprint density at radius 3 is 2.50 bits per heavy atom. The van der Waals surface area contributed by atoms with Crippen LogP contribution in [0.2, 0.25) is 0 Å². The first-order chi connectivity index (χ1) is 9.20. The van der Waals surface area contributed by atoms with Crippen LogP contribution in [0.25, 0.3) is 0 Å². The van der Waals surface area contributed by atoms with Crippen LogP contribution in [0, 0.1) is 6.92 Å². The summed E-state index contributed by atoms with van der Waals surface area (Å²) in [6.45, 7) is 5.67. The Balaban J connectivity index is 2.63. The van der Waals surface area contributed by atoms with Crippen molar-refractivity contribution in [3.05, 3.63) is 29.3 Å². The van der Waals surface area contributed by atoms with Crippen LogP contribution in [-0.2, 0) is 10.9 Å². The summed E-state index contributed by atoms with van der Waals surface area (Å²) in [5.41, 5.74) is 0.344. The van der Waals surface area contributed by atoms with Crippen molar-refractivity contribution in [1.29, 1.82) is 0 Å². The minimum atomic E-state index is -4.37. The lowest BCUT2D eigenvalue weighted by atomic mass is 10.1. The number of aliphatic hydroxyl groups excluding tert-OH is 1. The second-order valence-corrected chi connectivity index (χ2v) is 4.94. The highest BCUT2D eigenvalue weighted by Gasteiger charge is 2.30. The molecule has 114 valence electrons. The molecular formula is C14H20F3NO2. The maximum atomic E-state index is 12.6. The first kappa shape index (κ1) is 16.8. The van der Waals surface area contributed by atoms with E-state index in [0.717, 1.165) is 12.1 Å². The van der Waals surface area contributed by atoms with Gasteiger partial charge >= 0.3 is 6.18 Å². The average Bonchev–Trinajstić information content (AvgIpc) is 2.33. The molecule has 1 atom stereocenters. The smallest absolute Gasteiger partial charge is 0.389 e. The minimum absolute atomic E-state index is 0.0000524. The molecule has 0 saturated heterocycles. The van der Waals surface area contributed by atoms with E-state index in [1.165, 1.54) is 6.07 Å². The number of alkyl halides is 3. The molecule has 0 spiro atoms. The lowest BCUT2D eigenvalue weighted by Gasteiger charge is -2.17. The summed E-state index contributed by atoms with van der Waals surface area (Å²) in [7, 11) is 0. The molecule has 3 nitrogen and oxygen atoms in total. The van der Waals surface area contributed by atoms with E-state index in [9.17, 15) is 18.3 Å². The molecule has 6 heteroatoms. The highest BCUT2D eigenvalue weighted by atomic mass is 19.4. The number of rotatable bonds is 6. The van der Waals surface area contributed by atoms with Crippen molar-refractivity contribution in [1.82, 2.24) is 0 Å². The second kappa shape index (κ2) is 6.95. The van der Waals surface area contributed by atoms with Crippen LogP contribution in [0.5, 0.6) is 0 Å². The Hall–Kier alpha value is -1.27. The molecule has 0 radical (unpaired) electrons. The highest BCUT2D eigenvalue weighted by molar-refractivity contribution is 5.53. The molecule has 0 aliphatic carbocycles. The van der Waals surface area contributed by atoms with Gasteiger partial charge in [-0.2, -0.15) is 13.2 Å². The van der Waals surface area contributed by atoms with Crippen molar-refractivity contribution in [3.63, 3.8) is 0 Å². The topological polar surface area (TPSA) is 41.5 Å². The number of aliphatic hydroxyl groups is 1. The summed E-state index contributed by atoms with van der Waals surface area (Å²) in [5, 5.41) is 12.5. The number of hydrogen-bond acceptors (Lipinski definition) is 3. The van der Waals surface area contributed by atoms with E-state index in [2.05, 4.69) is 5.32 Å². The van der Waals surface area contributed by atoms with Crippen LogP contribution >= 0.6 is 0 Å². The molecule has 2 N–H and O–H groups in total. The van der Waals surface area contributed by atoms with Crippen molar-refractivity contribution in [2.24, 2.45) is 0 Å². The van der Waals surface area contributed by atoms with E-state index >= 15 is 0 Å². The molecule has 1 rings (SSSR count). The lowest BCUT2D eigenvalue weighted by Crippen LogP contribution is -2.26. The van der Waals surface area contributed by atoms with E-state index in [4.69, 9.17) is 4.74 Å². The number of benzene rings is 1. The van der Waals surface area contributed by atoms with Crippen molar-refractivity contribution in [2.75, 3.05) is 18.5 Å². The predicted octanol–water partition coefficient (Wildman–Crippen LogP) is 3.21. The van der Waals surface area contributed by atoms with Gasteiger partial charge in [-0.25, -0.2) is 0 Å². The van der Waals surface area contributed by atoms with Crippen molar-refractivity contribution >= 4 is 5.69 Å². The third-order valence-corrected chi connectivity index (χ3v) is 2.71. The van der Waals surface area contributed by atoms with E-state index in [-0.39, 0.29) is 19.3 Å². The molecule has 0 aromatic heterocycles. The number of nitrogens with one attached hydrogen (secondary N) is 1. The Morgan fingerprint density at radius 2 is 1.95 bits per heavy atom. The molecule has 0 bridgehead atoms. The molecular weight excluding hydrogens is 271 g/mol. The van der Waals surface area contributed by atoms with Crippen molar-refractivity contribution < 1.29 is 23.0 Å². The van der Waals surface area contributed by atoms with Gasteiger partial charge in [-0.05, 0) is 38.5 Å². The third kappa shape index (κ3) is 5.38. The zero-order chi connectivity index (χ0) is 15.3. The van der Waals surface area contributed by atoms with Gasteiger partial charge in [0.25, 0.3) is 0 Å². The van der Waals surface area contributed by atoms with E-state index in [1.807, 2.05) is 13.8 Å². The number of hydrogen-bond donors (Lipinski definition) is 2. The van der Waals surface area contributed by atoms with Crippen molar-refractivity contribution in [3.8, 4) is 0 Å². The Labute approximate surface area is 116 Å². The molecule has 0 saturated carbocycles. The number of ether oxygens (including phenoxy) is 1. The number of halogens is 3. The first-order valence-corrected chi connectivity index (χ1v) is 6.41. The van der Waals surface area contributed by atoms with Crippen LogP contribution in [-0.4, -0.2) is 30.5 Å². The van der Waals surface area contributed by atoms with Gasteiger partial charge in [0.05, 0.1) is 24.4 Å². The Kier molecular flexibility index (Phi) is 5.83. The van der Waals surface area contributed by atoms with Gasteiger partial charge in [0.1, 0.15) is 0 Å². The SMILES string of the molecule is Cc1ccc(C(F)(F)F)cc1NCC(O)COC(C)C. The maximum absolute atomic E-state index is 12.6. The quantitative estimate of drug-likeness (QED) is 0.845. The van der Waals surface area contributed by atoms with Gasteiger partial charge in [-0.15, -0.1) is 0 Å². The second-order valence-electron chi connectivity index (χ2n) is 4.94. The highest BCUT2D eigenvalue weighted by Crippen LogP contribution is 2.31. The monoisotopic (exact) mass is 291 g/mol. The van der Waals surface area contributed by atoms with Gasteiger partial charge in [-0.3, -0.25) is 0 Å². The lowest BCUT2D eigenvalue weighted by molar-refractivity contribution is -0.137. The van der Waals surface area contributed by atoms with E-state index in [0.29, 0.717) is 11.3 Å². The summed E-state index contributed by atoms with van der Waals surface area (Å²) in [6.07, 6.45) is -5.14. The fourth-order valence-electron chi connectivity index (χ4n) is 1.58.